The number of carbonyl (C=O) groups is 2. The van der Waals surface area contributed by atoms with Gasteiger partial charge in [-0.25, -0.2) is 0 Å². The Morgan fingerprint density at radius 2 is 2.17 bits per heavy atom. The maximum Gasteiger partial charge on any atom is 0.222 e. The summed E-state index contributed by atoms with van der Waals surface area (Å²) >= 11 is 0. The SMILES string of the molecule is CC(=O)C[C@@]1(O)CC(=O)c2c(C)cc(O)cc2O1. The minimum absolute atomic E-state index is 0.0499. The number of phenolic OH excluding ortho intramolecular Hbond substituents is 1. The lowest BCUT2D eigenvalue weighted by atomic mass is 9.92. The molecule has 5 heteroatoms. The Morgan fingerprint density at radius 1 is 1.50 bits per heavy atom. The molecule has 96 valence electrons. The first kappa shape index (κ1) is 12.6. The van der Waals surface area contributed by atoms with E-state index in [0.717, 1.165) is 0 Å². The van der Waals surface area contributed by atoms with Crippen molar-refractivity contribution in [3.63, 3.8) is 0 Å². The fraction of sp³-hybridized carbons (Fsp3) is 0.385. The number of aryl methyl sites for hydroxylation is 1. The van der Waals surface area contributed by atoms with E-state index in [4.69, 9.17) is 4.74 Å². The third-order valence-corrected chi connectivity index (χ3v) is 2.82. The molecule has 1 aromatic carbocycles. The number of hydrogen-bond donors (Lipinski definition) is 2. The molecule has 0 radical (unpaired) electrons. The lowest BCUT2D eigenvalue weighted by Gasteiger charge is -2.33. The van der Waals surface area contributed by atoms with Crippen molar-refractivity contribution in [2.75, 3.05) is 0 Å². The van der Waals surface area contributed by atoms with Gasteiger partial charge in [0.05, 0.1) is 18.4 Å². The Bertz CT molecular complexity index is 534. The number of aliphatic hydroxyl groups is 1. The molecule has 0 aromatic heterocycles. The van der Waals surface area contributed by atoms with Crippen LogP contribution in [0.25, 0.3) is 0 Å². The minimum Gasteiger partial charge on any atom is -0.508 e. The quantitative estimate of drug-likeness (QED) is 0.827. The second-order valence-corrected chi connectivity index (χ2v) is 4.66. The van der Waals surface area contributed by atoms with Crippen LogP contribution in [-0.2, 0) is 4.79 Å². The number of Topliss-reactive ketones (excluding diaryl/α,β-unsaturated/α-hetero) is 2. The molecular weight excluding hydrogens is 236 g/mol. The normalized spacial score (nSPS) is 22.3. The summed E-state index contributed by atoms with van der Waals surface area (Å²) in [5, 5.41) is 19.6. The van der Waals surface area contributed by atoms with Gasteiger partial charge in [-0.15, -0.1) is 0 Å². The Morgan fingerprint density at radius 3 is 2.78 bits per heavy atom. The predicted molar refractivity (Wildman–Crippen MR) is 62.7 cm³/mol. The second-order valence-electron chi connectivity index (χ2n) is 4.66. The van der Waals surface area contributed by atoms with Crippen molar-refractivity contribution in [2.24, 2.45) is 0 Å². The van der Waals surface area contributed by atoms with E-state index in [0.29, 0.717) is 11.1 Å². The minimum atomic E-state index is -1.81. The number of hydrogen-bond acceptors (Lipinski definition) is 5. The van der Waals surface area contributed by atoms with E-state index < -0.39 is 5.79 Å². The maximum atomic E-state index is 12.0. The summed E-state index contributed by atoms with van der Waals surface area (Å²) in [4.78, 5) is 23.1. The van der Waals surface area contributed by atoms with Crippen molar-refractivity contribution in [3.8, 4) is 11.5 Å². The van der Waals surface area contributed by atoms with E-state index in [2.05, 4.69) is 0 Å². The summed E-state index contributed by atoms with van der Waals surface area (Å²) in [6, 6.07) is 2.72. The maximum absolute atomic E-state index is 12.0. The van der Waals surface area contributed by atoms with Crippen molar-refractivity contribution in [3.05, 3.63) is 23.3 Å². The highest BCUT2D eigenvalue weighted by Crippen LogP contribution is 2.37. The molecule has 1 atom stereocenters. The van der Waals surface area contributed by atoms with Gasteiger partial charge in [-0.05, 0) is 25.5 Å². The highest BCUT2D eigenvalue weighted by molar-refractivity contribution is 6.02. The fourth-order valence-electron chi connectivity index (χ4n) is 2.24. The second kappa shape index (κ2) is 4.10. The van der Waals surface area contributed by atoms with Crippen molar-refractivity contribution in [1.29, 1.82) is 0 Å². The van der Waals surface area contributed by atoms with Crippen LogP contribution in [0.1, 0.15) is 35.7 Å². The number of carbonyl (C=O) groups excluding carboxylic acids is 2. The van der Waals surface area contributed by atoms with Gasteiger partial charge in [0.2, 0.25) is 5.79 Å². The van der Waals surface area contributed by atoms with E-state index >= 15 is 0 Å². The molecule has 2 rings (SSSR count). The van der Waals surface area contributed by atoms with Crippen LogP contribution < -0.4 is 4.74 Å². The van der Waals surface area contributed by atoms with Crippen LogP contribution in [0.2, 0.25) is 0 Å². The Kier molecular flexibility index (Phi) is 2.86. The molecular formula is C13H14O5. The third kappa shape index (κ3) is 2.22. The zero-order valence-corrected chi connectivity index (χ0v) is 10.2. The average Bonchev–Trinajstić information content (AvgIpc) is 2.11. The number of rotatable bonds is 2. The fourth-order valence-corrected chi connectivity index (χ4v) is 2.24. The lowest BCUT2D eigenvalue weighted by Crippen LogP contribution is -2.43. The first-order chi connectivity index (χ1) is 8.31. The van der Waals surface area contributed by atoms with Crippen LogP contribution >= 0.6 is 0 Å². The zero-order chi connectivity index (χ0) is 13.5. The Balaban J connectivity index is 2.45. The third-order valence-electron chi connectivity index (χ3n) is 2.82. The van der Waals surface area contributed by atoms with Crippen molar-refractivity contribution < 1.29 is 24.5 Å². The molecule has 5 nitrogen and oxygen atoms in total. The van der Waals surface area contributed by atoms with Gasteiger partial charge in [0.1, 0.15) is 17.3 Å². The molecule has 1 aromatic rings. The van der Waals surface area contributed by atoms with Crippen LogP contribution in [0, 0.1) is 6.92 Å². The highest BCUT2D eigenvalue weighted by atomic mass is 16.6. The summed E-state index contributed by atoms with van der Waals surface area (Å²) in [5.41, 5.74) is 0.931. The van der Waals surface area contributed by atoms with Crippen LogP contribution in [-0.4, -0.2) is 27.6 Å². The van der Waals surface area contributed by atoms with E-state index in [1.165, 1.54) is 19.1 Å². The van der Waals surface area contributed by atoms with Gasteiger partial charge in [-0.1, -0.05) is 0 Å². The molecule has 18 heavy (non-hydrogen) atoms. The number of benzene rings is 1. The van der Waals surface area contributed by atoms with E-state index in [1.807, 2.05) is 0 Å². The van der Waals surface area contributed by atoms with Gasteiger partial charge in [0.25, 0.3) is 0 Å². The molecule has 0 spiro atoms. The molecule has 0 aliphatic carbocycles. The largest absolute Gasteiger partial charge is 0.508 e. The molecule has 0 saturated carbocycles. The summed E-state index contributed by atoms with van der Waals surface area (Å²) in [6.07, 6.45) is -0.516. The van der Waals surface area contributed by atoms with E-state index in [-0.39, 0.29) is 35.9 Å². The van der Waals surface area contributed by atoms with Crippen LogP contribution in [0.15, 0.2) is 12.1 Å². The Labute approximate surface area is 104 Å². The zero-order valence-electron chi connectivity index (χ0n) is 10.2. The van der Waals surface area contributed by atoms with Gasteiger partial charge < -0.3 is 14.9 Å². The molecule has 1 aliphatic rings. The molecule has 0 amide bonds. The first-order valence-corrected chi connectivity index (χ1v) is 5.58. The van der Waals surface area contributed by atoms with Crippen LogP contribution in [0.4, 0.5) is 0 Å². The summed E-state index contributed by atoms with van der Waals surface area (Å²) in [6.45, 7) is 2.99. The van der Waals surface area contributed by atoms with E-state index in [1.54, 1.807) is 6.92 Å². The number of aromatic hydroxyl groups is 1. The number of phenols is 1. The molecule has 0 saturated heterocycles. The summed E-state index contributed by atoms with van der Waals surface area (Å²) < 4.78 is 5.32. The first-order valence-electron chi connectivity index (χ1n) is 5.58. The van der Waals surface area contributed by atoms with Gasteiger partial charge in [-0.2, -0.15) is 0 Å². The van der Waals surface area contributed by atoms with Crippen LogP contribution in [0.3, 0.4) is 0 Å². The van der Waals surface area contributed by atoms with Gasteiger partial charge in [0.15, 0.2) is 5.78 Å². The molecule has 1 heterocycles. The molecule has 0 unspecified atom stereocenters. The van der Waals surface area contributed by atoms with Gasteiger partial charge in [-0.3, -0.25) is 9.59 Å². The van der Waals surface area contributed by atoms with Crippen LogP contribution in [0.5, 0.6) is 11.5 Å². The number of fused-ring (bicyclic) bond motifs is 1. The van der Waals surface area contributed by atoms with Crippen molar-refractivity contribution in [1.82, 2.24) is 0 Å². The smallest absolute Gasteiger partial charge is 0.222 e. The summed E-state index contributed by atoms with van der Waals surface area (Å²) in [7, 11) is 0. The topological polar surface area (TPSA) is 83.8 Å². The number of ether oxygens (including phenoxy) is 1. The van der Waals surface area contributed by atoms with Gasteiger partial charge in [0, 0.05) is 6.07 Å². The number of ketones is 2. The van der Waals surface area contributed by atoms with Crippen molar-refractivity contribution in [2.45, 2.75) is 32.5 Å². The summed E-state index contributed by atoms with van der Waals surface area (Å²) in [5.74, 6) is -2.31. The van der Waals surface area contributed by atoms with Gasteiger partial charge >= 0.3 is 0 Å². The Hall–Kier alpha value is -1.88. The van der Waals surface area contributed by atoms with Crippen molar-refractivity contribution >= 4 is 11.6 Å². The highest BCUT2D eigenvalue weighted by Gasteiger charge is 2.40. The van der Waals surface area contributed by atoms with E-state index in [9.17, 15) is 19.8 Å². The predicted octanol–water partition coefficient (Wildman–Crippen LogP) is 1.33. The molecule has 2 N–H and O–H groups in total. The monoisotopic (exact) mass is 250 g/mol. The molecule has 0 fully saturated rings. The lowest BCUT2D eigenvalue weighted by molar-refractivity contribution is -0.155. The molecule has 1 aliphatic heterocycles. The average molecular weight is 250 g/mol. The molecule has 0 bridgehead atoms. The standard InChI is InChI=1S/C13H14O5/c1-7-3-9(15)4-11-12(7)10(16)6-13(17,18-11)5-8(2)14/h3-4,15,17H,5-6H2,1-2H3/t13-/m0/s1.